The number of nitrogens with one attached hydrogen (secondary N) is 1. The van der Waals surface area contributed by atoms with Crippen molar-refractivity contribution in [3.8, 4) is 11.3 Å². The summed E-state index contributed by atoms with van der Waals surface area (Å²) in [6, 6.07) is 13.4. The van der Waals surface area contributed by atoms with Crippen molar-refractivity contribution in [3.63, 3.8) is 0 Å². The summed E-state index contributed by atoms with van der Waals surface area (Å²) in [6.45, 7) is 13.4. The molecule has 0 unspecified atom stereocenters. The lowest BCUT2D eigenvalue weighted by Gasteiger charge is -2.09. The maximum Gasteiger partial charge on any atom is 0.0864 e. The molecule has 2 aromatic heterocycles. The lowest BCUT2D eigenvalue weighted by atomic mass is 10.0. The number of hydrogen-bond donors (Lipinski definition) is 1. The van der Waals surface area contributed by atoms with Crippen LogP contribution in [0.5, 0.6) is 0 Å². The number of rotatable bonds is 0. The van der Waals surface area contributed by atoms with Gasteiger partial charge in [0.2, 0.25) is 0 Å². The first kappa shape index (κ1) is 19.8. The summed E-state index contributed by atoms with van der Waals surface area (Å²) in [7, 11) is 0. The van der Waals surface area contributed by atoms with E-state index in [9.17, 15) is 0 Å². The molecule has 0 bridgehead atoms. The molecule has 4 aromatic rings. The summed E-state index contributed by atoms with van der Waals surface area (Å²) in [4.78, 5) is 3.49. The SMILES string of the molecule is CC.CC.Cc1ccc2c(C)c3n(c2c1)CCc1c(Br)[nH]c2cccc-3c12. The van der Waals surface area contributed by atoms with E-state index in [-0.39, 0.29) is 0 Å². The van der Waals surface area contributed by atoms with Crippen LogP contribution in [-0.2, 0) is 13.0 Å². The summed E-state index contributed by atoms with van der Waals surface area (Å²) >= 11 is 3.72. The fourth-order valence-electron chi connectivity index (χ4n) is 4.15. The van der Waals surface area contributed by atoms with Crippen LogP contribution in [0.4, 0.5) is 0 Å². The van der Waals surface area contributed by atoms with Crippen LogP contribution in [0.15, 0.2) is 41.0 Å². The van der Waals surface area contributed by atoms with E-state index < -0.39 is 0 Å². The molecule has 3 heteroatoms. The maximum atomic E-state index is 3.72. The van der Waals surface area contributed by atoms with Crippen molar-refractivity contribution in [2.24, 2.45) is 0 Å². The molecule has 0 fully saturated rings. The maximum absolute atomic E-state index is 3.72. The molecule has 0 radical (unpaired) electrons. The molecule has 0 atom stereocenters. The summed E-state index contributed by atoms with van der Waals surface area (Å²) in [6.07, 6.45) is 1.04. The molecule has 1 aliphatic rings. The normalized spacial score (nSPS) is 12.0. The standard InChI is InChI=1S/C20H17BrN2.2C2H6/c1-11-6-7-13-12(2)19-14-4-3-5-16-18(14)15(20(21)22-16)8-9-23(19)17(13)10-11;2*1-2/h3-7,10,22H,8-9H2,1-2H3;2*1-2H3. The highest BCUT2D eigenvalue weighted by Crippen LogP contribution is 2.42. The van der Waals surface area contributed by atoms with Crippen LogP contribution in [0.25, 0.3) is 33.1 Å². The van der Waals surface area contributed by atoms with Gasteiger partial charge >= 0.3 is 0 Å². The van der Waals surface area contributed by atoms with E-state index >= 15 is 0 Å². The van der Waals surface area contributed by atoms with Crippen LogP contribution in [0, 0.1) is 13.8 Å². The third kappa shape index (κ3) is 3.02. The Morgan fingerprint density at radius 1 is 1.00 bits per heavy atom. The van der Waals surface area contributed by atoms with Crippen LogP contribution in [0.2, 0.25) is 0 Å². The Hall–Kier alpha value is -2.00. The third-order valence-corrected chi connectivity index (χ3v) is 5.87. The lowest BCUT2D eigenvalue weighted by molar-refractivity contribution is 0.734. The summed E-state index contributed by atoms with van der Waals surface area (Å²) in [5.41, 5.74) is 9.42. The zero-order valence-corrected chi connectivity index (χ0v) is 18.8. The number of benzene rings is 2. The minimum absolute atomic E-state index is 1.02. The first-order valence-corrected chi connectivity index (χ1v) is 10.8. The van der Waals surface area contributed by atoms with Gasteiger partial charge in [0.05, 0.1) is 10.3 Å². The number of fused-ring (bicyclic) bond motifs is 4. The summed E-state index contributed by atoms with van der Waals surface area (Å²) in [5, 5.41) is 2.75. The van der Waals surface area contributed by atoms with E-state index in [2.05, 4.69) is 75.7 Å². The zero-order chi connectivity index (χ0) is 19.7. The molecule has 0 saturated carbocycles. The minimum atomic E-state index is 1.02. The zero-order valence-electron chi connectivity index (χ0n) is 17.2. The fourth-order valence-corrected chi connectivity index (χ4v) is 4.76. The van der Waals surface area contributed by atoms with E-state index in [0.29, 0.717) is 0 Å². The topological polar surface area (TPSA) is 20.7 Å². The molecule has 3 heterocycles. The van der Waals surface area contributed by atoms with Crippen LogP contribution in [0.3, 0.4) is 0 Å². The first-order valence-electron chi connectivity index (χ1n) is 10.0. The molecule has 1 N–H and O–H groups in total. The number of halogens is 1. The second-order valence-electron chi connectivity index (χ2n) is 6.54. The molecule has 0 saturated heterocycles. The highest BCUT2D eigenvalue weighted by Gasteiger charge is 2.24. The smallest absolute Gasteiger partial charge is 0.0864 e. The van der Waals surface area contributed by atoms with E-state index in [1.807, 2.05) is 27.7 Å². The van der Waals surface area contributed by atoms with Crippen molar-refractivity contribution in [1.82, 2.24) is 9.55 Å². The average molecular weight is 425 g/mol. The van der Waals surface area contributed by atoms with Crippen molar-refractivity contribution in [2.75, 3.05) is 0 Å². The molecular weight excluding hydrogens is 396 g/mol. The highest BCUT2D eigenvalue weighted by atomic mass is 79.9. The van der Waals surface area contributed by atoms with Crippen molar-refractivity contribution in [3.05, 3.63) is 57.7 Å². The van der Waals surface area contributed by atoms with E-state index in [4.69, 9.17) is 0 Å². The molecule has 0 aliphatic carbocycles. The predicted octanol–water partition coefficient (Wildman–Crippen LogP) is 7.78. The predicted molar refractivity (Wildman–Crippen MR) is 123 cm³/mol. The Morgan fingerprint density at radius 3 is 2.48 bits per heavy atom. The van der Waals surface area contributed by atoms with Crippen LogP contribution < -0.4 is 0 Å². The quantitative estimate of drug-likeness (QED) is 0.297. The van der Waals surface area contributed by atoms with Gasteiger partial charge in [0.15, 0.2) is 0 Å². The van der Waals surface area contributed by atoms with Gasteiger partial charge in [0, 0.05) is 33.9 Å². The Labute approximate surface area is 170 Å². The number of aryl methyl sites for hydroxylation is 4. The molecule has 0 spiro atoms. The van der Waals surface area contributed by atoms with Gasteiger partial charge in [0.1, 0.15) is 0 Å². The van der Waals surface area contributed by atoms with E-state index in [1.165, 1.54) is 49.8 Å². The van der Waals surface area contributed by atoms with Crippen molar-refractivity contribution < 1.29 is 0 Å². The average Bonchev–Trinajstić information content (AvgIpc) is 3.08. The number of nitrogens with zero attached hydrogens (tertiary/aromatic N) is 1. The van der Waals surface area contributed by atoms with Gasteiger partial charge < -0.3 is 9.55 Å². The molecular formula is C24H29BrN2. The van der Waals surface area contributed by atoms with Crippen LogP contribution in [-0.4, -0.2) is 9.55 Å². The second kappa shape index (κ2) is 7.93. The Kier molecular flexibility index (Phi) is 5.81. The van der Waals surface area contributed by atoms with E-state index in [0.717, 1.165) is 17.6 Å². The van der Waals surface area contributed by atoms with Gasteiger partial charge in [-0.25, -0.2) is 0 Å². The molecule has 27 heavy (non-hydrogen) atoms. The number of H-pyrrole nitrogens is 1. The third-order valence-electron chi connectivity index (χ3n) is 5.19. The van der Waals surface area contributed by atoms with Gasteiger partial charge in [0.25, 0.3) is 0 Å². The van der Waals surface area contributed by atoms with Crippen molar-refractivity contribution in [1.29, 1.82) is 0 Å². The minimum Gasteiger partial charge on any atom is -0.349 e. The van der Waals surface area contributed by atoms with Crippen LogP contribution >= 0.6 is 15.9 Å². The lowest BCUT2D eigenvalue weighted by Crippen LogP contribution is -2.01. The first-order chi connectivity index (χ1) is 13.1. The second-order valence-corrected chi connectivity index (χ2v) is 7.33. The molecule has 142 valence electrons. The number of hydrogen-bond acceptors (Lipinski definition) is 0. The Balaban J connectivity index is 0.000000495. The number of aromatic amines is 1. The molecule has 0 amide bonds. The van der Waals surface area contributed by atoms with Gasteiger partial charge in [-0.1, -0.05) is 52.0 Å². The molecule has 2 nitrogen and oxygen atoms in total. The van der Waals surface area contributed by atoms with Crippen molar-refractivity contribution >= 4 is 37.7 Å². The summed E-state index contributed by atoms with van der Waals surface area (Å²) < 4.78 is 3.64. The van der Waals surface area contributed by atoms with Crippen molar-refractivity contribution in [2.45, 2.75) is 54.5 Å². The molecule has 1 aliphatic heterocycles. The fraction of sp³-hybridized carbons (Fsp3) is 0.333. The molecule has 2 aromatic carbocycles. The molecule has 5 rings (SSSR count). The van der Waals surface area contributed by atoms with Gasteiger partial charge in [-0.15, -0.1) is 0 Å². The largest absolute Gasteiger partial charge is 0.349 e. The summed E-state index contributed by atoms with van der Waals surface area (Å²) in [5.74, 6) is 0. The Bertz CT molecular complexity index is 1100. The Morgan fingerprint density at radius 2 is 1.74 bits per heavy atom. The number of aromatic nitrogens is 2. The van der Waals surface area contributed by atoms with E-state index in [1.54, 1.807) is 0 Å². The highest BCUT2D eigenvalue weighted by molar-refractivity contribution is 9.10. The van der Waals surface area contributed by atoms with Gasteiger partial charge in [-0.05, 0) is 65.0 Å². The monoisotopic (exact) mass is 424 g/mol. The van der Waals surface area contributed by atoms with Gasteiger partial charge in [-0.3, -0.25) is 0 Å². The van der Waals surface area contributed by atoms with Gasteiger partial charge in [-0.2, -0.15) is 0 Å². The van der Waals surface area contributed by atoms with Crippen LogP contribution in [0.1, 0.15) is 44.4 Å².